The average Bonchev–Trinajstić information content (AvgIpc) is 3.00. The number of nitrogens with one attached hydrogen (secondary N) is 2. The van der Waals surface area contributed by atoms with Gasteiger partial charge in [-0.3, -0.25) is 15.6 Å². The van der Waals surface area contributed by atoms with E-state index >= 15 is 0 Å². The van der Waals surface area contributed by atoms with Crippen LogP contribution in [0.15, 0.2) is 36.4 Å². The molecule has 0 spiro atoms. The van der Waals surface area contributed by atoms with E-state index in [2.05, 4.69) is 15.8 Å². The average molecular weight is 364 g/mol. The number of amides is 1. The van der Waals surface area contributed by atoms with Crippen LogP contribution in [0.5, 0.6) is 11.5 Å². The van der Waals surface area contributed by atoms with Crippen molar-refractivity contribution in [3.05, 3.63) is 47.0 Å². The van der Waals surface area contributed by atoms with Crippen LogP contribution in [0.1, 0.15) is 10.4 Å². The van der Waals surface area contributed by atoms with E-state index in [1.54, 1.807) is 31.4 Å². The molecule has 0 saturated carbocycles. The molecule has 3 aromatic rings. The summed E-state index contributed by atoms with van der Waals surface area (Å²) in [6, 6.07) is 10.4. The number of fused-ring (bicyclic) bond motifs is 1. The van der Waals surface area contributed by atoms with Crippen LogP contribution < -0.4 is 20.3 Å². The molecule has 0 saturated heterocycles. The number of nitrogens with zero attached hydrogens (tertiary/aromatic N) is 1. The molecule has 0 fully saturated rings. The van der Waals surface area contributed by atoms with Gasteiger partial charge in [-0.1, -0.05) is 22.9 Å². The summed E-state index contributed by atoms with van der Waals surface area (Å²) in [6.07, 6.45) is 0. The molecule has 1 amide bonds. The van der Waals surface area contributed by atoms with Gasteiger partial charge in [0.25, 0.3) is 5.91 Å². The van der Waals surface area contributed by atoms with Gasteiger partial charge in [0, 0.05) is 10.6 Å². The van der Waals surface area contributed by atoms with Crippen molar-refractivity contribution in [2.75, 3.05) is 19.6 Å². The van der Waals surface area contributed by atoms with E-state index in [0.717, 1.165) is 10.2 Å². The van der Waals surface area contributed by atoms with Gasteiger partial charge in [0.2, 0.25) is 5.13 Å². The first-order valence-electron chi connectivity index (χ1n) is 6.95. The highest BCUT2D eigenvalue weighted by atomic mass is 35.5. The monoisotopic (exact) mass is 363 g/mol. The number of carbonyl (C=O) groups is 1. The van der Waals surface area contributed by atoms with Crippen LogP contribution in [-0.4, -0.2) is 25.1 Å². The maximum absolute atomic E-state index is 12.2. The fourth-order valence-corrected chi connectivity index (χ4v) is 3.21. The first-order chi connectivity index (χ1) is 11.6. The lowest BCUT2D eigenvalue weighted by atomic mass is 10.2. The van der Waals surface area contributed by atoms with Crippen molar-refractivity contribution in [1.29, 1.82) is 0 Å². The van der Waals surface area contributed by atoms with Crippen LogP contribution in [0.2, 0.25) is 5.02 Å². The number of anilines is 1. The quantitative estimate of drug-likeness (QED) is 0.676. The molecule has 0 aliphatic rings. The van der Waals surface area contributed by atoms with Gasteiger partial charge >= 0.3 is 0 Å². The lowest BCUT2D eigenvalue weighted by Gasteiger charge is -2.10. The van der Waals surface area contributed by atoms with Gasteiger partial charge in [0.15, 0.2) is 11.5 Å². The Balaban J connectivity index is 1.72. The minimum absolute atomic E-state index is 0.312. The molecule has 0 unspecified atom stereocenters. The summed E-state index contributed by atoms with van der Waals surface area (Å²) >= 11 is 7.35. The number of rotatable bonds is 5. The zero-order valence-corrected chi connectivity index (χ0v) is 14.5. The fraction of sp³-hybridized carbons (Fsp3) is 0.125. The number of ether oxygens (including phenoxy) is 2. The van der Waals surface area contributed by atoms with E-state index in [0.29, 0.717) is 27.2 Å². The summed E-state index contributed by atoms with van der Waals surface area (Å²) in [5.41, 5.74) is 6.67. The molecule has 0 radical (unpaired) electrons. The third-order valence-corrected chi connectivity index (χ3v) is 4.45. The highest BCUT2D eigenvalue weighted by molar-refractivity contribution is 7.22. The van der Waals surface area contributed by atoms with Crippen molar-refractivity contribution in [3.63, 3.8) is 0 Å². The molecule has 3 rings (SSSR count). The van der Waals surface area contributed by atoms with E-state index in [4.69, 9.17) is 21.1 Å². The van der Waals surface area contributed by atoms with Gasteiger partial charge in [0.1, 0.15) is 0 Å². The largest absolute Gasteiger partial charge is 0.493 e. The van der Waals surface area contributed by atoms with Gasteiger partial charge in [-0.2, -0.15) is 0 Å². The van der Waals surface area contributed by atoms with E-state index in [9.17, 15) is 4.79 Å². The summed E-state index contributed by atoms with van der Waals surface area (Å²) in [5.74, 6) is 0.734. The van der Waals surface area contributed by atoms with Gasteiger partial charge in [0.05, 0.1) is 24.4 Å². The second-order valence-corrected chi connectivity index (χ2v) is 6.25. The Morgan fingerprint density at radius 3 is 2.67 bits per heavy atom. The van der Waals surface area contributed by atoms with Crippen molar-refractivity contribution >= 4 is 44.2 Å². The van der Waals surface area contributed by atoms with E-state index in [1.165, 1.54) is 18.4 Å². The number of hydrazine groups is 1. The topological polar surface area (TPSA) is 72.5 Å². The predicted octanol–water partition coefficient (Wildman–Crippen LogP) is 3.72. The number of benzene rings is 2. The zero-order chi connectivity index (χ0) is 17.1. The number of methoxy groups -OCH3 is 2. The minimum atomic E-state index is -0.312. The number of hydrogen-bond acceptors (Lipinski definition) is 6. The second-order valence-electron chi connectivity index (χ2n) is 4.78. The Morgan fingerprint density at radius 1 is 1.12 bits per heavy atom. The van der Waals surface area contributed by atoms with E-state index < -0.39 is 0 Å². The third kappa shape index (κ3) is 3.37. The molecule has 6 nitrogen and oxygen atoms in total. The zero-order valence-electron chi connectivity index (χ0n) is 12.9. The van der Waals surface area contributed by atoms with Crippen molar-refractivity contribution in [3.8, 4) is 11.5 Å². The number of thiazole rings is 1. The molecule has 1 heterocycles. The Kier molecular flexibility index (Phi) is 4.73. The van der Waals surface area contributed by atoms with Crippen molar-refractivity contribution in [2.24, 2.45) is 0 Å². The van der Waals surface area contributed by atoms with Gasteiger partial charge in [-0.15, -0.1) is 0 Å². The number of aromatic nitrogens is 1. The summed E-state index contributed by atoms with van der Waals surface area (Å²) in [5, 5.41) is 1.22. The Hall–Kier alpha value is -2.51. The maximum Gasteiger partial charge on any atom is 0.269 e. The summed E-state index contributed by atoms with van der Waals surface area (Å²) < 4.78 is 11.3. The molecule has 124 valence electrons. The van der Waals surface area contributed by atoms with Gasteiger partial charge in [-0.05, 0) is 36.4 Å². The number of halogens is 1. The molecule has 0 aliphatic heterocycles. The summed E-state index contributed by atoms with van der Waals surface area (Å²) in [7, 11) is 3.06. The van der Waals surface area contributed by atoms with E-state index in [-0.39, 0.29) is 5.91 Å². The lowest BCUT2D eigenvalue weighted by molar-refractivity contribution is 0.0962. The molecule has 2 aromatic carbocycles. The third-order valence-electron chi connectivity index (χ3n) is 3.28. The fourth-order valence-electron chi connectivity index (χ4n) is 2.11. The van der Waals surface area contributed by atoms with Gasteiger partial charge in [-0.25, -0.2) is 4.98 Å². The van der Waals surface area contributed by atoms with Crippen LogP contribution in [0.3, 0.4) is 0 Å². The molecule has 24 heavy (non-hydrogen) atoms. The molecule has 0 aliphatic carbocycles. The standard InChI is InChI=1S/C16H14ClN3O3S/c1-22-12-6-3-9(7-13(12)23-2)15(21)19-20-16-18-11-5-4-10(17)8-14(11)24-16/h3-8H,1-2H3,(H,18,20)(H,19,21). The molecule has 0 atom stereocenters. The maximum atomic E-state index is 12.2. The molecule has 2 N–H and O–H groups in total. The number of hydrogen-bond donors (Lipinski definition) is 2. The Labute approximate surface area is 147 Å². The van der Waals surface area contributed by atoms with Crippen LogP contribution in [0.4, 0.5) is 5.13 Å². The molecule has 8 heteroatoms. The highest BCUT2D eigenvalue weighted by Gasteiger charge is 2.11. The Bertz CT molecular complexity index is 897. The number of carbonyl (C=O) groups excluding carboxylic acids is 1. The Morgan fingerprint density at radius 2 is 1.92 bits per heavy atom. The van der Waals surface area contributed by atoms with E-state index in [1.807, 2.05) is 12.1 Å². The van der Waals surface area contributed by atoms with Crippen LogP contribution in [0.25, 0.3) is 10.2 Å². The van der Waals surface area contributed by atoms with Crippen molar-refractivity contribution in [2.45, 2.75) is 0 Å². The van der Waals surface area contributed by atoms with Crippen LogP contribution in [0, 0.1) is 0 Å². The molecule has 1 aromatic heterocycles. The highest BCUT2D eigenvalue weighted by Crippen LogP contribution is 2.29. The summed E-state index contributed by atoms with van der Waals surface area (Å²) in [6.45, 7) is 0. The molecular weight excluding hydrogens is 350 g/mol. The van der Waals surface area contributed by atoms with Crippen LogP contribution >= 0.6 is 22.9 Å². The van der Waals surface area contributed by atoms with Crippen molar-refractivity contribution in [1.82, 2.24) is 10.4 Å². The van der Waals surface area contributed by atoms with Crippen molar-refractivity contribution < 1.29 is 14.3 Å². The minimum Gasteiger partial charge on any atom is -0.493 e. The molecular formula is C16H14ClN3O3S. The normalized spacial score (nSPS) is 10.5. The first kappa shape index (κ1) is 16.4. The smallest absolute Gasteiger partial charge is 0.269 e. The van der Waals surface area contributed by atoms with Gasteiger partial charge < -0.3 is 9.47 Å². The lowest BCUT2D eigenvalue weighted by Crippen LogP contribution is -2.29. The predicted molar refractivity (Wildman–Crippen MR) is 95.3 cm³/mol. The SMILES string of the molecule is COc1ccc(C(=O)NNc2nc3ccc(Cl)cc3s2)cc1OC. The summed E-state index contributed by atoms with van der Waals surface area (Å²) in [4.78, 5) is 16.6. The van der Waals surface area contributed by atoms with Crippen LogP contribution in [-0.2, 0) is 0 Å². The first-order valence-corrected chi connectivity index (χ1v) is 8.14. The molecule has 0 bridgehead atoms. The second kappa shape index (κ2) is 6.94.